The smallest absolute Gasteiger partial charge is 0.408 e. The van der Waals surface area contributed by atoms with Gasteiger partial charge in [0, 0.05) is 13.0 Å². The molecule has 0 bridgehead atoms. The van der Waals surface area contributed by atoms with E-state index in [0.717, 1.165) is 38.5 Å². The minimum atomic E-state index is -3.75. The zero-order valence-electron chi connectivity index (χ0n) is 25.0. The maximum absolute atomic E-state index is 13.3. The van der Waals surface area contributed by atoms with E-state index >= 15 is 0 Å². The molecule has 7 atom stereocenters. The van der Waals surface area contributed by atoms with Gasteiger partial charge >= 0.3 is 6.09 Å². The van der Waals surface area contributed by atoms with E-state index in [0.29, 0.717) is 18.8 Å². The number of rotatable bonds is 14. The van der Waals surface area contributed by atoms with Gasteiger partial charge in [0.1, 0.15) is 5.60 Å². The zero-order valence-corrected chi connectivity index (χ0v) is 27.0. The Hall–Kier alpha value is -1.84. The summed E-state index contributed by atoms with van der Waals surface area (Å²) in [6, 6.07) is -0.900. The molecular weight excluding hydrogens is 553 g/mol. The molecule has 12 heteroatoms. The third-order valence-electron chi connectivity index (χ3n) is 7.85. The Balaban J connectivity index is 1.89. The Morgan fingerprint density at radius 3 is 2.33 bits per heavy atom. The zero-order chi connectivity index (χ0) is 30.5. The lowest BCUT2D eigenvalue weighted by Gasteiger charge is -2.24. The molecule has 2 N–H and O–H groups in total. The van der Waals surface area contributed by atoms with Crippen LogP contribution in [0.25, 0.3) is 0 Å². The van der Waals surface area contributed by atoms with E-state index in [1.54, 1.807) is 20.8 Å². The Morgan fingerprint density at radius 1 is 1.15 bits per heavy atom. The van der Waals surface area contributed by atoms with Crippen molar-refractivity contribution in [3.8, 4) is 0 Å². The maximum atomic E-state index is 13.3. The number of allylic oxidation sites excluding steroid dienone is 2. The summed E-state index contributed by atoms with van der Waals surface area (Å²) in [5.41, 5.74) is -1.69. The van der Waals surface area contributed by atoms with E-state index in [4.69, 9.17) is 4.74 Å². The number of amides is 2. The summed E-state index contributed by atoms with van der Waals surface area (Å²) in [6.45, 7) is 11.6. The van der Waals surface area contributed by atoms with E-state index in [-0.39, 0.29) is 35.9 Å². The molecule has 2 rings (SSSR count). The van der Waals surface area contributed by atoms with Gasteiger partial charge in [-0.3, -0.25) is 23.8 Å². The van der Waals surface area contributed by atoms with Gasteiger partial charge < -0.3 is 10.1 Å². The molecule has 0 aromatic heterocycles. The normalized spacial score (nSPS) is 27.8. The molecule has 228 valence electrons. The average Bonchev–Trinajstić information content (AvgIpc) is 3.41. The van der Waals surface area contributed by atoms with Gasteiger partial charge in [0.05, 0.1) is 23.8 Å². The summed E-state index contributed by atoms with van der Waals surface area (Å²) < 4.78 is 32.9. The highest BCUT2D eigenvalue weighted by Gasteiger charge is 2.61. The van der Waals surface area contributed by atoms with Crippen molar-refractivity contribution in [2.24, 2.45) is 23.2 Å². The predicted octanol–water partition coefficient (Wildman–Crippen LogP) is 3.76. The van der Waals surface area contributed by atoms with Crippen LogP contribution in [0.1, 0.15) is 86.5 Å². The highest BCUT2D eigenvalue weighted by Crippen LogP contribution is 2.57. The Bertz CT molecular complexity index is 1090. The van der Waals surface area contributed by atoms with Gasteiger partial charge in [0.25, 0.3) is 0 Å². The Kier molecular flexibility index (Phi) is 11.9. The van der Waals surface area contributed by atoms with Crippen LogP contribution in [0.15, 0.2) is 12.2 Å². The number of ether oxygens (including phenoxy) is 1. The largest absolute Gasteiger partial charge is 0.444 e. The fourth-order valence-corrected chi connectivity index (χ4v) is 6.70. The Labute approximate surface area is 242 Å². The number of unbranched alkanes of at least 4 members (excludes halogenated alkanes) is 3. The van der Waals surface area contributed by atoms with Gasteiger partial charge in [0.15, 0.2) is 11.6 Å². The van der Waals surface area contributed by atoms with Crippen LogP contribution in [0.4, 0.5) is 4.79 Å². The molecule has 0 spiro atoms. The Morgan fingerprint density at radius 2 is 1.80 bits per heavy atom. The number of alkyl carbamates (subject to hydrolysis) is 1. The predicted molar refractivity (Wildman–Crippen MR) is 158 cm³/mol. The second-order valence-electron chi connectivity index (χ2n) is 12.7. The number of carbonyl (C=O) groups excluding carboxylic acids is 4. The number of ketones is 2. The van der Waals surface area contributed by atoms with Crippen molar-refractivity contribution >= 4 is 43.0 Å². The third-order valence-corrected chi connectivity index (χ3v) is 8.94. The molecule has 2 aliphatic rings. The number of nitrogens with zero attached hydrogens (tertiary/aromatic N) is 1. The van der Waals surface area contributed by atoms with E-state index in [1.165, 1.54) is 6.92 Å². The highest BCUT2D eigenvalue weighted by molar-refractivity contribution is 7.89. The first-order valence-corrected chi connectivity index (χ1v) is 16.5. The molecule has 1 aliphatic carbocycles. The van der Waals surface area contributed by atoms with Crippen LogP contribution in [-0.4, -0.2) is 67.1 Å². The minimum Gasteiger partial charge on any atom is -0.444 e. The van der Waals surface area contributed by atoms with Gasteiger partial charge in [-0.05, 0) is 71.1 Å². The van der Waals surface area contributed by atoms with Crippen molar-refractivity contribution in [3.05, 3.63) is 12.2 Å². The summed E-state index contributed by atoms with van der Waals surface area (Å²) in [5, 5.41) is 2.64. The van der Waals surface area contributed by atoms with E-state index in [1.807, 2.05) is 23.7 Å². The number of carbonyl (C=O) groups is 4. The molecule has 1 aliphatic heterocycles. The van der Waals surface area contributed by atoms with Gasteiger partial charge in [0.2, 0.25) is 15.9 Å². The lowest BCUT2D eigenvalue weighted by Crippen LogP contribution is -2.42. The van der Waals surface area contributed by atoms with Crippen LogP contribution >= 0.6 is 9.39 Å². The summed E-state index contributed by atoms with van der Waals surface area (Å²) in [7, 11) is -1.13. The number of nitrogens with one attached hydrogen (secondary N) is 2. The van der Waals surface area contributed by atoms with Crippen LogP contribution in [-0.2, 0) is 29.1 Å². The van der Waals surface area contributed by atoms with Crippen molar-refractivity contribution in [2.75, 3.05) is 12.8 Å². The fraction of sp³-hybridized carbons (Fsp3) is 0.786. The topological polar surface area (TPSA) is 139 Å². The number of Topliss-reactive ketones (excluding diaryl/α,β-unsaturated/α-hetero) is 2. The van der Waals surface area contributed by atoms with Crippen molar-refractivity contribution < 1.29 is 32.3 Å². The SMILES string of the molecule is CC(=O)[C@H](CCCCC/C=C\[C@@H]1C[C@]1(CC(=O)[C@@H]1C(C)[C@@H](C)CN1P)C(=O)NS(C)(=O)=O)NC(=O)OC(C)(C)C. The molecule has 2 amide bonds. The first-order chi connectivity index (χ1) is 18.4. The quantitative estimate of drug-likeness (QED) is 0.174. The van der Waals surface area contributed by atoms with E-state index < -0.39 is 39.1 Å². The maximum Gasteiger partial charge on any atom is 0.408 e. The average molecular weight is 602 g/mol. The van der Waals surface area contributed by atoms with Crippen LogP contribution < -0.4 is 10.0 Å². The van der Waals surface area contributed by atoms with Gasteiger partial charge in [-0.2, -0.15) is 0 Å². The molecule has 0 aromatic carbocycles. The highest BCUT2D eigenvalue weighted by atomic mass is 32.2. The number of sulfonamides is 1. The van der Waals surface area contributed by atoms with Gasteiger partial charge in [-0.15, -0.1) is 0 Å². The standard InChI is InChI=1S/C28H48N3O7PS/c1-18-17-31(39)24(19(18)2)23(33)16-28(25(34)30-40(7,36)37)15-21(28)13-11-9-8-10-12-14-22(20(3)32)29-26(35)38-27(4,5)6/h11,13,18-19,21-22,24H,8-10,12,14-17,39H2,1-7H3,(H,29,35)(H,30,34)/b13-11-/t18-,19?,21+,22-,24-,28+/m0/s1. The molecular formula is C28H48N3O7PS. The monoisotopic (exact) mass is 601 g/mol. The molecule has 40 heavy (non-hydrogen) atoms. The second kappa shape index (κ2) is 13.9. The minimum absolute atomic E-state index is 0.00701. The van der Waals surface area contributed by atoms with Crippen molar-refractivity contribution in [2.45, 2.75) is 104 Å². The van der Waals surface area contributed by atoms with Gasteiger partial charge in [-0.1, -0.05) is 48.2 Å². The molecule has 10 nitrogen and oxygen atoms in total. The molecule has 2 fully saturated rings. The van der Waals surface area contributed by atoms with Crippen LogP contribution in [0.5, 0.6) is 0 Å². The fourth-order valence-electron chi connectivity index (χ4n) is 5.39. The van der Waals surface area contributed by atoms with Gasteiger partial charge in [-0.25, -0.2) is 13.2 Å². The van der Waals surface area contributed by atoms with Crippen LogP contribution in [0.3, 0.4) is 0 Å². The molecule has 1 heterocycles. The van der Waals surface area contributed by atoms with Crippen LogP contribution in [0, 0.1) is 23.2 Å². The number of hydrogen-bond donors (Lipinski definition) is 2. The molecule has 1 saturated carbocycles. The third kappa shape index (κ3) is 10.2. The molecule has 0 aromatic rings. The second-order valence-corrected chi connectivity index (χ2v) is 15.1. The summed E-state index contributed by atoms with van der Waals surface area (Å²) in [5.74, 6) is -0.476. The first kappa shape index (κ1) is 34.4. The van der Waals surface area contributed by atoms with Crippen molar-refractivity contribution in [1.82, 2.24) is 14.7 Å². The summed E-state index contributed by atoms with van der Waals surface area (Å²) in [4.78, 5) is 50.2. The van der Waals surface area contributed by atoms with Crippen LogP contribution in [0.2, 0.25) is 0 Å². The summed E-state index contributed by atoms with van der Waals surface area (Å²) >= 11 is 0. The molecule has 2 unspecified atom stereocenters. The lowest BCUT2D eigenvalue weighted by molar-refractivity contribution is -0.131. The lowest BCUT2D eigenvalue weighted by atomic mass is 9.86. The van der Waals surface area contributed by atoms with Crippen molar-refractivity contribution in [1.29, 1.82) is 0 Å². The molecule has 0 radical (unpaired) electrons. The molecule has 1 saturated heterocycles. The van der Waals surface area contributed by atoms with E-state index in [2.05, 4.69) is 26.4 Å². The van der Waals surface area contributed by atoms with E-state index in [9.17, 15) is 27.6 Å². The summed E-state index contributed by atoms with van der Waals surface area (Å²) in [6.07, 6.45) is 8.38. The first-order valence-electron chi connectivity index (χ1n) is 14.1. The van der Waals surface area contributed by atoms with Crippen molar-refractivity contribution in [3.63, 3.8) is 0 Å². The number of hydrogen-bond acceptors (Lipinski definition) is 8.